The summed E-state index contributed by atoms with van der Waals surface area (Å²) in [6, 6.07) is 18.7. The molecular formula is C26H23F2N5O3S2. The van der Waals surface area contributed by atoms with Crippen LogP contribution in [0.2, 0.25) is 0 Å². The maximum atomic E-state index is 13.9. The molecule has 0 radical (unpaired) electrons. The quantitative estimate of drug-likeness (QED) is 0.316. The summed E-state index contributed by atoms with van der Waals surface area (Å²) < 4.78 is 56.6. The van der Waals surface area contributed by atoms with Gasteiger partial charge in [0.05, 0.1) is 16.3 Å². The van der Waals surface area contributed by atoms with E-state index < -0.39 is 27.6 Å². The van der Waals surface area contributed by atoms with Crippen LogP contribution in [0.5, 0.6) is 0 Å². The predicted molar refractivity (Wildman–Crippen MR) is 140 cm³/mol. The molecule has 1 saturated heterocycles. The number of nitrogens with zero attached hydrogens (tertiary/aromatic N) is 4. The van der Waals surface area contributed by atoms with E-state index in [1.54, 1.807) is 28.8 Å². The number of anilines is 1. The predicted octanol–water partition coefficient (Wildman–Crippen LogP) is 4.73. The highest BCUT2D eigenvalue weighted by Gasteiger charge is 2.28. The molecule has 1 aliphatic rings. The van der Waals surface area contributed by atoms with E-state index in [1.807, 2.05) is 30.3 Å². The molecule has 1 aromatic heterocycles. The third-order valence-electron chi connectivity index (χ3n) is 5.98. The summed E-state index contributed by atoms with van der Waals surface area (Å²) in [4.78, 5) is 12.7. The van der Waals surface area contributed by atoms with Gasteiger partial charge in [-0.15, -0.1) is 10.2 Å². The molecule has 0 atom stereocenters. The van der Waals surface area contributed by atoms with Crippen molar-refractivity contribution in [3.05, 3.63) is 84.4 Å². The third kappa shape index (κ3) is 5.47. The van der Waals surface area contributed by atoms with E-state index in [0.29, 0.717) is 41.4 Å². The van der Waals surface area contributed by atoms with E-state index >= 15 is 0 Å². The molecule has 8 nitrogen and oxygen atoms in total. The van der Waals surface area contributed by atoms with Gasteiger partial charge in [0, 0.05) is 30.4 Å². The molecule has 4 aromatic rings. The van der Waals surface area contributed by atoms with Gasteiger partial charge in [0.2, 0.25) is 15.9 Å². The number of carbonyl (C=O) groups excluding carboxylic acids is 1. The molecular weight excluding hydrogens is 532 g/mol. The second-order valence-corrected chi connectivity index (χ2v) is 11.5. The Morgan fingerprint density at radius 2 is 1.71 bits per heavy atom. The first-order valence-corrected chi connectivity index (χ1v) is 14.2. The monoisotopic (exact) mass is 555 g/mol. The zero-order valence-electron chi connectivity index (χ0n) is 20.0. The lowest BCUT2D eigenvalue weighted by atomic mass is 10.2. The van der Waals surface area contributed by atoms with Gasteiger partial charge in [-0.3, -0.25) is 9.36 Å². The number of rotatable bonds is 8. The highest BCUT2D eigenvalue weighted by atomic mass is 32.2. The number of nitrogens with one attached hydrogen (secondary N) is 1. The van der Waals surface area contributed by atoms with Crippen LogP contribution in [0.1, 0.15) is 12.8 Å². The normalized spacial score (nSPS) is 14.1. The summed E-state index contributed by atoms with van der Waals surface area (Å²) in [6.45, 7) is 0.995. The molecule has 196 valence electrons. The first-order valence-electron chi connectivity index (χ1n) is 11.8. The molecule has 1 N–H and O–H groups in total. The van der Waals surface area contributed by atoms with Crippen molar-refractivity contribution in [1.82, 2.24) is 19.1 Å². The molecule has 0 aliphatic carbocycles. The Morgan fingerprint density at radius 3 is 2.45 bits per heavy atom. The Morgan fingerprint density at radius 1 is 0.947 bits per heavy atom. The van der Waals surface area contributed by atoms with Crippen LogP contribution in [-0.4, -0.2) is 52.2 Å². The summed E-state index contributed by atoms with van der Waals surface area (Å²) >= 11 is 1.08. The van der Waals surface area contributed by atoms with Gasteiger partial charge in [-0.05, 0) is 49.2 Å². The highest BCUT2D eigenvalue weighted by molar-refractivity contribution is 7.99. The lowest BCUT2D eigenvalue weighted by Crippen LogP contribution is -2.27. The molecule has 0 bridgehead atoms. The first-order chi connectivity index (χ1) is 18.3. The number of sulfonamides is 1. The Balaban J connectivity index is 1.44. The van der Waals surface area contributed by atoms with E-state index in [2.05, 4.69) is 15.5 Å². The van der Waals surface area contributed by atoms with E-state index in [9.17, 15) is 22.0 Å². The van der Waals surface area contributed by atoms with Crippen LogP contribution in [0.4, 0.5) is 14.5 Å². The molecule has 0 unspecified atom stereocenters. The molecule has 12 heteroatoms. The lowest BCUT2D eigenvalue weighted by molar-refractivity contribution is -0.113. The number of halogens is 2. The van der Waals surface area contributed by atoms with Gasteiger partial charge in [-0.2, -0.15) is 4.31 Å². The van der Waals surface area contributed by atoms with Crippen molar-refractivity contribution in [3.63, 3.8) is 0 Å². The minimum atomic E-state index is -3.63. The van der Waals surface area contributed by atoms with Crippen LogP contribution in [0.3, 0.4) is 0 Å². The van der Waals surface area contributed by atoms with Gasteiger partial charge in [0.25, 0.3) is 0 Å². The molecule has 1 fully saturated rings. The van der Waals surface area contributed by atoms with Gasteiger partial charge in [0.1, 0.15) is 11.6 Å². The second-order valence-electron chi connectivity index (χ2n) is 8.58. The van der Waals surface area contributed by atoms with Gasteiger partial charge >= 0.3 is 0 Å². The topological polar surface area (TPSA) is 97.2 Å². The molecule has 2 heterocycles. The lowest BCUT2D eigenvalue weighted by Gasteiger charge is -2.16. The van der Waals surface area contributed by atoms with Crippen LogP contribution in [-0.2, 0) is 14.8 Å². The van der Waals surface area contributed by atoms with Crippen molar-refractivity contribution in [1.29, 1.82) is 0 Å². The largest absolute Gasteiger partial charge is 0.323 e. The van der Waals surface area contributed by atoms with Gasteiger partial charge < -0.3 is 5.32 Å². The standard InChI is InChI=1S/C26H23F2N5O3S2/c27-19-11-12-23(22(28)16-19)29-24(34)17-37-26-31-30-25(33(26)20-8-2-1-3-9-20)18-7-6-10-21(15-18)38(35,36)32-13-4-5-14-32/h1-3,6-12,15-16H,4-5,13-14,17H2,(H,29,34). The van der Waals surface area contributed by atoms with Crippen LogP contribution in [0, 0.1) is 11.6 Å². The van der Waals surface area contributed by atoms with Crippen molar-refractivity contribution in [2.45, 2.75) is 22.9 Å². The Labute approximate surface area is 222 Å². The zero-order valence-corrected chi connectivity index (χ0v) is 21.7. The maximum Gasteiger partial charge on any atom is 0.243 e. The third-order valence-corrected chi connectivity index (χ3v) is 8.80. The average Bonchev–Trinajstić information content (AvgIpc) is 3.61. The second kappa shape index (κ2) is 11.0. The Hall–Kier alpha value is -3.61. The van der Waals surface area contributed by atoms with Gasteiger partial charge in [-0.25, -0.2) is 17.2 Å². The number of hydrogen-bond acceptors (Lipinski definition) is 6. The number of carbonyl (C=O) groups is 1. The fraction of sp³-hybridized carbons (Fsp3) is 0.192. The molecule has 1 amide bonds. The Kier molecular flexibility index (Phi) is 7.54. The zero-order chi connectivity index (χ0) is 26.7. The number of hydrogen-bond donors (Lipinski definition) is 1. The van der Waals surface area contributed by atoms with E-state index in [1.165, 1.54) is 4.31 Å². The van der Waals surface area contributed by atoms with Crippen molar-refractivity contribution in [2.75, 3.05) is 24.2 Å². The fourth-order valence-corrected chi connectivity index (χ4v) is 6.46. The summed E-state index contributed by atoms with van der Waals surface area (Å²) in [5.74, 6) is -1.84. The number of benzene rings is 3. The molecule has 0 spiro atoms. The molecule has 1 aliphatic heterocycles. The Bertz CT molecular complexity index is 1570. The minimum Gasteiger partial charge on any atom is -0.323 e. The first kappa shape index (κ1) is 26.0. The van der Waals surface area contributed by atoms with Crippen LogP contribution in [0.15, 0.2) is 82.8 Å². The van der Waals surface area contributed by atoms with Crippen molar-refractivity contribution < 1.29 is 22.0 Å². The highest BCUT2D eigenvalue weighted by Crippen LogP contribution is 2.30. The van der Waals surface area contributed by atoms with E-state index in [-0.39, 0.29) is 16.3 Å². The van der Waals surface area contributed by atoms with E-state index in [4.69, 9.17) is 0 Å². The van der Waals surface area contributed by atoms with Crippen molar-refractivity contribution in [3.8, 4) is 17.1 Å². The molecule has 0 saturated carbocycles. The number of para-hydroxylation sites is 1. The molecule has 38 heavy (non-hydrogen) atoms. The summed E-state index contributed by atoms with van der Waals surface area (Å²) in [7, 11) is -3.63. The average molecular weight is 556 g/mol. The summed E-state index contributed by atoms with van der Waals surface area (Å²) in [5.41, 5.74) is 1.14. The van der Waals surface area contributed by atoms with Gasteiger partial charge in [0.15, 0.2) is 11.0 Å². The smallest absolute Gasteiger partial charge is 0.243 e. The van der Waals surface area contributed by atoms with Crippen molar-refractivity contribution in [2.24, 2.45) is 0 Å². The van der Waals surface area contributed by atoms with Gasteiger partial charge in [-0.1, -0.05) is 42.1 Å². The fourth-order valence-electron chi connectivity index (χ4n) is 4.14. The SMILES string of the molecule is O=C(CSc1nnc(-c2cccc(S(=O)(=O)N3CCCC3)c2)n1-c1ccccc1)Nc1ccc(F)cc1F. The van der Waals surface area contributed by atoms with Crippen LogP contribution >= 0.6 is 11.8 Å². The van der Waals surface area contributed by atoms with E-state index in [0.717, 1.165) is 36.7 Å². The molecule has 5 rings (SSSR count). The number of thioether (sulfide) groups is 1. The summed E-state index contributed by atoms with van der Waals surface area (Å²) in [6.07, 6.45) is 1.67. The minimum absolute atomic E-state index is 0.120. The molecule has 3 aromatic carbocycles. The van der Waals surface area contributed by atoms with Crippen LogP contribution in [0.25, 0.3) is 17.1 Å². The van der Waals surface area contributed by atoms with Crippen molar-refractivity contribution >= 4 is 33.4 Å². The number of amides is 1. The summed E-state index contributed by atoms with van der Waals surface area (Å²) in [5, 5.41) is 11.4. The maximum absolute atomic E-state index is 13.9. The number of aromatic nitrogens is 3. The van der Waals surface area contributed by atoms with Crippen LogP contribution < -0.4 is 5.32 Å².